The third-order valence-corrected chi connectivity index (χ3v) is 6.37. The zero-order valence-corrected chi connectivity index (χ0v) is 17.1. The van der Waals surface area contributed by atoms with Gasteiger partial charge in [-0.25, -0.2) is 17.5 Å². The molecule has 0 amide bonds. The van der Waals surface area contributed by atoms with Gasteiger partial charge in [0.15, 0.2) is 0 Å². The second kappa shape index (κ2) is 9.49. The Morgan fingerprint density at radius 3 is 2.36 bits per heavy atom. The predicted molar refractivity (Wildman–Crippen MR) is 111 cm³/mol. The molecule has 1 fully saturated rings. The van der Waals surface area contributed by atoms with Gasteiger partial charge in [0.05, 0.1) is 11.4 Å². The van der Waals surface area contributed by atoms with Crippen molar-refractivity contribution in [3.63, 3.8) is 0 Å². The first kappa shape index (κ1) is 20.8. The van der Waals surface area contributed by atoms with Crippen molar-refractivity contribution < 1.29 is 12.8 Å². The number of rotatable bonds is 8. The lowest BCUT2D eigenvalue weighted by Crippen LogP contribution is -2.47. The van der Waals surface area contributed by atoms with Crippen LogP contribution in [0.4, 0.5) is 10.1 Å². The van der Waals surface area contributed by atoms with E-state index in [9.17, 15) is 12.8 Å². The Labute approximate surface area is 167 Å². The minimum absolute atomic E-state index is 0.00853. The fourth-order valence-electron chi connectivity index (χ4n) is 3.41. The number of hydrogen-bond donors (Lipinski definition) is 1. The highest BCUT2D eigenvalue weighted by molar-refractivity contribution is 7.88. The number of nitrogens with zero attached hydrogens (tertiary/aromatic N) is 2. The Bertz CT molecular complexity index is 863. The maximum atomic E-state index is 13.9. The summed E-state index contributed by atoms with van der Waals surface area (Å²) in [5, 5.41) is 0. The molecule has 0 aromatic heterocycles. The number of sulfonamides is 1. The molecule has 0 saturated carbocycles. The second-order valence-corrected chi connectivity index (χ2v) is 9.08. The van der Waals surface area contributed by atoms with Crippen molar-refractivity contribution in [3.8, 4) is 0 Å². The molecule has 28 heavy (non-hydrogen) atoms. The molecule has 0 bridgehead atoms. The van der Waals surface area contributed by atoms with Crippen molar-refractivity contribution in [2.75, 3.05) is 44.2 Å². The van der Waals surface area contributed by atoms with E-state index in [1.54, 1.807) is 6.07 Å². The SMILES string of the molecule is Cc1ccc(CS(=O)(=O)NCCCN2CCN(c3ccccc3F)CC2)cc1. The molecule has 152 valence electrons. The van der Waals surface area contributed by atoms with Crippen molar-refractivity contribution in [3.05, 3.63) is 65.5 Å². The van der Waals surface area contributed by atoms with Crippen molar-refractivity contribution in [2.24, 2.45) is 0 Å². The zero-order valence-electron chi connectivity index (χ0n) is 16.3. The molecular weight excluding hydrogens is 377 g/mol. The fourth-order valence-corrected chi connectivity index (χ4v) is 4.59. The van der Waals surface area contributed by atoms with Crippen LogP contribution in [0.1, 0.15) is 17.5 Å². The van der Waals surface area contributed by atoms with Crippen LogP contribution in [0.15, 0.2) is 48.5 Å². The maximum absolute atomic E-state index is 13.9. The number of halogens is 1. The molecule has 2 aromatic rings. The van der Waals surface area contributed by atoms with Gasteiger partial charge in [0.1, 0.15) is 5.82 Å². The van der Waals surface area contributed by atoms with E-state index in [1.165, 1.54) is 6.07 Å². The fraction of sp³-hybridized carbons (Fsp3) is 0.429. The summed E-state index contributed by atoms with van der Waals surface area (Å²) < 4.78 is 41.0. The van der Waals surface area contributed by atoms with Gasteiger partial charge >= 0.3 is 0 Å². The third-order valence-electron chi connectivity index (χ3n) is 5.02. The molecule has 2 aromatic carbocycles. The van der Waals surface area contributed by atoms with Gasteiger partial charge in [-0.2, -0.15) is 0 Å². The summed E-state index contributed by atoms with van der Waals surface area (Å²) in [6, 6.07) is 14.4. The van der Waals surface area contributed by atoms with Gasteiger partial charge in [0.2, 0.25) is 10.0 Å². The van der Waals surface area contributed by atoms with Gasteiger partial charge in [-0.15, -0.1) is 0 Å². The van der Waals surface area contributed by atoms with E-state index in [2.05, 4.69) is 14.5 Å². The van der Waals surface area contributed by atoms with Crippen LogP contribution in [0, 0.1) is 12.7 Å². The molecule has 1 heterocycles. The molecule has 1 N–H and O–H groups in total. The molecule has 0 aliphatic carbocycles. The van der Waals surface area contributed by atoms with E-state index in [0.717, 1.165) is 50.3 Å². The molecule has 1 aliphatic rings. The molecule has 5 nitrogen and oxygen atoms in total. The van der Waals surface area contributed by atoms with Gasteiger partial charge in [-0.05, 0) is 37.6 Å². The third kappa shape index (κ3) is 6.02. The Morgan fingerprint density at radius 2 is 1.68 bits per heavy atom. The number of hydrogen-bond acceptors (Lipinski definition) is 4. The number of aryl methyl sites for hydroxylation is 1. The van der Waals surface area contributed by atoms with Gasteiger partial charge < -0.3 is 4.90 Å². The quantitative estimate of drug-likeness (QED) is 0.686. The first-order valence-electron chi connectivity index (χ1n) is 9.68. The zero-order chi connectivity index (χ0) is 20.0. The van der Waals surface area contributed by atoms with Crippen LogP contribution < -0.4 is 9.62 Å². The second-order valence-electron chi connectivity index (χ2n) is 7.27. The largest absolute Gasteiger partial charge is 0.367 e. The molecule has 0 atom stereocenters. The number of piperazine rings is 1. The maximum Gasteiger partial charge on any atom is 0.215 e. The Morgan fingerprint density at radius 1 is 1.00 bits per heavy atom. The number of anilines is 1. The Kier molecular flexibility index (Phi) is 7.04. The highest BCUT2D eigenvalue weighted by Gasteiger charge is 2.19. The Hall–Kier alpha value is -1.96. The first-order valence-corrected chi connectivity index (χ1v) is 11.3. The topological polar surface area (TPSA) is 52.7 Å². The van der Waals surface area contributed by atoms with E-state index in [4.69, 9.17) is 0 Å². The molecule has 0 spiro atoms. The minimum atomic E-state index is -3.32. The van der Waals surface area contributed by atoms with E-state index in [1.807, 2.05) is 43.3 Å². The van der Waals surface area contributed by atoms with E-state index >= 15 is 0 Å². The average molecular weight is 406 g/mol. The van der Waals surface area contributed by atoms with Gasteiger partial charge in [0, 0.05) is 32.7 Å². The summed E-state index contributed by atoms with van der Waals surface area (Å²) in [6.07, 6.45) is 0.757. The van der Waals surface area contributed by atoms with Crippen molar-refractivity contribution in [1.29, 1.82) is 0 Å². The average Bonchev–Trinajstić information content (AvgIpc) is 2.68. The lowest BCUT2D eigenvalue weighted by Gasteiger charge is -2.36. The predicted octanol–water partition coefficient (Wildman–Crippen LogP) is 2.77. The number of benzene rings is 2. The van der Waals surface area contributed by atoms with Crippen LogP contribution >= 0.6 is 0 Å². The molecule has 1 aliphatic heterocycles. The first-order chi connectivity index (χ1) is 13.4. The van der Waals surface area contributed by atoms with E-state index in [-0.39, 0.29) is 11.6 Å². The van der Waals surface area contributed by atoms with Crippen LogP contribution in [0.5, 0.6) is 0 Å². The standard InChI is InChI=1S/C21H28FN3O2S/c1-18-7-9-19(10-8-18)17-28(26,27)23-11-4-12-24-13-15-25(16-14-24)21-6-3-2-5-20(21)22/h2-3,5-10,23H,4,11-17H2,1H3. The van der Waals surface area contributed by atoms with Gasteiger partial charge in [-0.1, -0.05) is 42.0 Å². The number of para-hydroxylation sites is 1. The Balaban J connectivity index is 1.37. The highest BCUT2D eigenvalue weighted by Crippen LogP contribution is 2.20. The van der Waals surface area contributed by atoms with Crippen LogP contribution in [-0.4, -0.2) is 52.6 Å². The molecule has 7 heteroatoms. The van der Waals surface area contributed by atoms with Crippen molar-refractivity contribution in [1.82, 2.24) is 9.62 Å². The van der Waals surface area contributed by atoms with Crippen LogP contribution in [0.25, 0.3) is 0 Å². The minimum Gasteiger partial charge on any atom is -0.367 e. The van der Waals surface area contributed by atoms with E-state index < -0.39 is 10.0 Å². The summed E-state index contributed by atoms with van der Waals surface area (Å²) in [5.74, 6) is -0.173. The van der Waals surface area contributed by atoms with E-state index in [0.29, 0.717) is 12.2 Å². The highest BCUT2D eigenvalue weighted by atomic mass is 32.2. The molecular formula is C21H28FN3O2S. The number of nitrogens with one attached hydrogen (secondary N) is 1. The van der Waals surface area contributed by atoms with Crippen LogP contribution in [0.3, 0.4) is 0 Å². The lowest BCUT2D eigenvalue weighted by molar-refractivity contribution is 0.255. The molecule has 0 radical (unpaired) electrons. The van der Waals surface area contributed by atoms with Crippen LogP contribution in [-0.2, 0) is 15.8 Å². The van der Waals surface area contributed by atoms with Crippen molar-refractivity contribution in [2.45, 2.75) is 19.1 Å². The normalized spacial score (nSPS) is 15.7. The summed E-state index contributed by atoms with van der Waals surface area (Å²) in [7, 11) is -3.32. The molecule has 3 rings (SSSR count). The van der Waals surface area contributed by atoms with Crippen molar-refractivity contribution >= 4 is 15.7 Å². The van der Waals surface area contributed by atoms with Gasteiger partial charge in [-0.3, -0.25) is 4.90 Å². The summed E-state index contributed by atoms with van der Waals surface area (Å²) >= 11 is 0. The molecule has 1 saturated heterocycles. The monoisotopic (exact) mass is 405 g/mol. The van der Waals surface area contributed by atoms with Crippen LogP contribution in [0.2, 0.25) is 0 Å². The lowest BCUT2D eigenvalue weighted by atomic mass is 10.2. The summed E-state index contributed by atoms with van der Waals surface area (Å²) in [6.45, 7) is 6.50. The molecule has 0 unspecified atom stereocenters. The smallest absolute Gasteiger partial charge is 0.215 e. The summed E-state index contributed by atoms with van der Waals surface area (Å²) in [4.78, 5) is 4.36. The summed E-state index contributed by atoms with van der Waals surface area (Å²) in [5.41, 5.74) is 2.57. The van der Waals surface area contributed by atoms with Gasteiger partial charge in [0.25, 0.3) is 0 Å².